The molecule has 1 N–H and O–H groups in total. The Morgan fingerprint density at radius 1 is 1.10 bits per heavy atom. The number of carbonyl (C=O) groups is 1. The maximum absolute atomic E-state index is 14.0. The van der Waals surface area contributed by atoms with Crippen LogP contribution in [0.1, 0.15) is 50.5 Å². The number of hydrogen-bond donors (Lipinski definition) is 1. The first kappa shape index (κ1) is 19.7. The minimum absolute atomic E-state index is 0.0355. The zero-order valence-corrected chi connectivity index (χ0v) is 17.0. The van der Waals surface area contributed by atoms with Crippen LogP contribution in [0.25, 0.3) is 0 Å². The fourth-order valence-corrected chi connectivity index (χ4v) is 4.53. The average Bonchev–Trinajstić information content (AvgIpc) is 2.75. The van der Waals surface area contributed by atoms with Gasteiger partial charge in [-0.25, -0.2) is 14.2 Å². The zero-order chi connectivity index (χ0) is 20.2. The highest BCUT2D eigenvalue weighted by Gasteiger charge is 2.29. The first-order valence-corrected chi connectivity index (χ1v) is 10.6. The summed E-state index contributed by atoms with van der Waals surface area (Å²) in [4.78, 5) is 20.7. The third-order valence-electron chi connectivity index (χ3n) is 6.17. The Labute approximate surface area is 171 Å². The third kappa shape index (κ3) is 4.52. The van der Waals surface area contributed by atoms with Gasteiger partial charge in [-0.05, 0) is 55.5 Å². The molecule has 1 aromatic carbocycles. The Balaban J connectivity index is 1.35. The number of carbonyl (C=O) groups excluding carboxylic acids is 1. The number of piperazine rings is 1. The van der Waals surface area contributed by atoms with E-state index in [0.717, 1.165) is 5.69 Å². The Morgan fingerprint density at radius 2 is 1.86 bits per heavy atom. The molecule has 5 nitrogen and oxygen atoms in total. The summed E-state index contributed by atoms with van der Waals surface area (Å²) in [5.74, 6) is 0.696. The van der Waals surface area contributed by atoms with Gasteiger partial charge in [-0.3, -0.25) is 0 Å². The van der Waals surface area contributed by atoms with Crippen molar-refractivity contribution in [3.05, 3.63) is 54.0 Å². The molecule has 2 amide bonds. The van der Waals surface area contributed by atoms with Crippen LogP contribution in [-0.4, -0.2) is 41.6 Å². The van der Waals surface area contributed by atoms with E-state index in [1.807, 2.05) is 28.9 Å². The number of amides is 2. The van der Waals surface area contributed by atoms with E-state index in [2.05, 4.69) is 22.4 Å². The molecule has 1 aliphatic heterocycles. The Kier molecular flexibility index (Phi) is 5.97. The second-order valence-electron chi connectivity index (χ2n) is 8.18. The standard InChI is InChI=1S/C23H29FN4O/c1-17-16-27(22-21(24)8-5-13-25-22)14-15-28(17)23(29)26-20-11-9-19(10-12-20)18-6-3-2-4-7-18/h5,8-13,17-18H,2-4,6-7,14-16H2,1H3,(H,26,29)/t17-/m1/s1. The van der Waals surface area contributed by atoms with E-state index in [-0.39, 0.29) is 17.9 Å². The van der Waals surface area contributed by atoms with Crippen molar-refractivity contribution in [2.45, 2.75) is 51.0 Å². The van der Waals surface area contributed by atoms with E-state index >= 15 is 0 Å². The van der Waals surface area contributed by atoms with Crippen molar-refractivity contribution in [2.75, 3.05) is 29.9 Å². The van der Waals surface area contributed by atoms with Crippen molar-refractivity contribution < 1.29 is 9.18 Å². The first-order chi connectivity index (χ1) is 14.1. The van der Waals surface area contributed by atoms with Crippen LogP contribution in [0.3, 0.4) is 0 Å². The lowest BCUT2D eigenvalue weighted by Crippen LogP contribution is -2.55. The van der Waals surface area contributed by atoms with Gasteiger partial charge in [-0.1, -0.05) is 31.4 Å². The van der Waals surface area contributed by atoms with Crippen molar-refractivity contribution >= 4 is 17.5 Å². The quantitative estimate of drug-likeness (QED) is 0.793. The number of rotatable bonds is 3. The molecular weight excluding hydrogens is 367 g/mol. The SMILES string of the molecule is C[C@@H]1CN(c2ncccc2F)CCN1C(=O)Nc1ccc(C2CCCCC2)cc1. The monoisotopic (exact) mass is 396 g/mol. The molecule has 0 unspecified atom stereocenters. The summed E-state index contributed by atoms with van der Waals surface area (Å²) in [6, 6.07) is 11.2. The largest absolute Gasteiger partial charge is 0.350 e. The van der Waals surface area contributed by atoms with Gasteiger partial charge in [0.15, 0.2) is 11.6 Å². The van der Waals surface area contributed by atoms with Crippen molar-refractivity contribution in [3.63, 3.8) is 0 Å². The molecule has 0 spiro atoms. The third-order valence-corrected chi connectivity index (χ3v) is 6.17. The molecule has 4 rings (SSSR count). The average molecular weight is 397 g/mol. The number of anilines is 2. The number of pyridine rings is 1. The molecule has 29 heavy (non-hydrogen) atoms. The van der Waals surface area contributed by atoms with Crippen LogP contribution in [0, 0.1) is 5.82 Å². The zero-order valence-electron chi connectivity index (χ0n) is 17.0. The topological polar surface area (TPSA) is 48.5 Å². The van der Waals surface area contributed by atoms with Crippen LogP contribution in [0.4, 0.5) is 20.7 Å². The van der Waals surface area contributed by atoms with Crippen LogP contribution >= 0.6 is 0 Å². The van der Waals surface area contributed by atoms with E-state index < -0.39 is 0 Å². The highest BCUT2D eigenvalue weighted by Crippen LogP contribution is 2.33. The van der Waals surface area contributed by atoms with Gasteiger partial charge >= 0.3 is 6.03 Å². The second-order valence-corrected chi connectivity index (χ2v) is 8.18. The fourth-order valence-electron chi connectivity index (χ4n) is 4.53. The predicted molar refractivity (Wildman–Crippen MR) is 114 cm³/mol. The molecule has 154 valence electrons. The minimum Gasteiger partial charge on any atom is -0.350 e. The summed E-state index contributed by atoms with van der Waals surface area (Å²) in [6.45, 7) is 3.64. The van der Waals surface area contributed by atoms with Crippen molar-refractivity contribution in [1.29, 1.82) is 0 Å². The fraction of sp³-hybridized carbons (Fsp3) is 0.478. The van der Waals surface area contributed by atoms with Crippen LogP contribution in [0.15, 0.2) is 42.6 Å². The molecule has 1 aromatic heterocycles. The molecule has 0 bridgehead atoms. The number of aromatic nitrogens is 1. The van der Waals surface area contributed by atoms with Gasteiger partial charge in [0.2, 0.25) is 0 Å². The van der Waals surface area contributed by atoms with Crippen LogP contribution in [0.2, 0.25) is 0 Å². The summed E-state index contributed by atoms with van der Waals surface area (Å²) in [5.41, 5.74) is 2.20. The number of nitrogens with one attached hydrogen (secondary N) is 1. The highest BCUT2D eigenvalue weighted by atomic mass is 19.1. The molecule has 2 aromatic rings. The summed E-state index contributed by atoms with van der Waals surface area (Å²) >= 11 is 0. The van der Waals surface area contributed by atoms with Crippen molar-refractivity contribution in [2.24, 2.45) is 0 Å². The van der Waals surface area contributed by atoms with E-state index in [1.54, 1.807) is 12.3 Å². The normalized spacial score (nSPS) is 20.6. The Bertz CT molecular complexity index is 835. The van der Waals surface area contributed by atoms with Gasteiger partial charge < -0.3 is 15.1 Å². The molecule has 2 fully saturated rings. The lowest BCUT2D eigenvalue weighted by Gasteiger charge is -2.40. The number of benzene rings is 1. The Hall–Kier alpha value is -2.63. The van der Waals surface area contributed by atoms with Gasteiger partial charge in [-0.15, -0.1) is 0 Å². The van der Waals surface area contributed by atoms with E-state index in [1.165, 1.54) is 43.7 Å². The van der Waals surface area contributed by atoms with Gasteiger partial charge in [0.1, 0.15) is 0 Å². The lowest BCUT2D eigenvalue weighted by molar-refractivity contribution is 0.184. The lowest BCUT2D eigenvalue weighted by atomic mass is 9.84. The summed E-state index contributed by atoms with van der Waals surface area (Å²) in [7, 11) is 0. The van der Waals surface area contributed by atoms with E-state index in [4.69, 9.17) is 0 Å². The number of urea groups is 1. The van der Waals surface area contributed by atoms with Crippen LogP contribution in [-0.2, 0) is 0 Å². The van der Waals surface area contributed by atoms with Crippen molar-refractivity contribution in [1.82, 2.24) is 9.88 Å². The van der Waals surface area contributed by atoms with Gasteiger partial charge in [0, 0.05) is 37.6 Å². The molecule has 1 atom stereocenters. The van der Waals surface area contributed by atoms with Crippen LogP contribution in [0.5, 0.6) is 0 Å². The van der Waals surface area contributed by atoms with E-state index in [9.17, 15) is 9.18 Å². The molecule has 1 saturated carbocycles. The molecule has 2 heterocycles. The predicted octanol–water partition coefficient (Wildman–Crippen LogP) is 5.01. The highest BCUT2D eigenvalue weighted by molar-refractivity contribution is 5.89. The molecule has 2 aliphatic rings. The maximum atomic E-state index is 14.0. The van der Waals surface area contributed by atoms with E-state index in [0.29, 0.717) is 31.4 Å². The summed E-state index contributed by atoms with van der Waals surface area (Å²) < 4.78 is 14.0. The molecule has 0 radical (unpaired) electrons. The first-order valence-electron chi connectivity index (χ1n) is 10.6. The molecule has 6 heteroatoms. The van der Waals surface area contributed by atoms with Crippen molar-refractivity contribution in [3.8, 4) is 0 Å². The Morgan fingerprint density at radius 3 is 2.55 bits per heavy atom. The number of hydrogen-bond acceptors (Lipinski definition) is 3. The van der Waals surface area contributed by atoms with Crippen LogP contribution < -0.4 is 10.2 Å². The maximum Gasteiger partial charge on any atom is 0.322 e. The van der Waals surface area contributed by atoms with Gasteiger partial charge in [0.25, 0.3) is 0 Å². The smallest absolute Gasteiger partial charge is 0.322 e. The summed E-state index contributed by atoms with van der Waals surface area (Å²) in [6.07, 6.45) is 8.11. The minimum atomic E-state index is -0.323. The van der Waals surface area contributed by atoms with Gasteiger partial charge in [0.05, 0.1) is 0 Å². The number of nitrogens with zero attached hydrogens (tertiary/aromatic N) is 3. The molecule has 1 aliphatic carbocycles. The second kappa shape index (κ2) is 8.80. The number of halogens is 1. The summed E-state index contributed by atoms with van der Waals surface area (Å²) in [5, 5.41) is 3.02. The van der Waals surface area contributed by atoms with Gasteiger partial charge in [-0.2, -0.15) is 0 Å². The molecule has 1 saturated heterocycles. The molecular formula is C23H29FN4O.